The molecule has 0 amide bonds. The first kappa shape index (κ1) is 21.9. The minimum absolute atomic E-state index is 0.271. The van der Waals surface area contributed by atoms with Crippen LogP contribution in [0.25, 0.3) is 22.3 Å². The zero-order valence-corrected chi connectivity index (χ0v) is 18.4. The van der Waals surface area contributed by atoms with E-state index in [2.05, 4.69) is 33.5 Å². The Labute approximate surface area is 192 Å². The quantitative estimate of drug-likeness (QED) is 0.526. The number of alkyl halides is 2. The third kappa shape index (κ3) is 4.61. The highest BCUT2D eigenvalue weighted by molar-refractivity contribution is 5.79. The molecule has 7 heteroatoms. The molecule has 5 nitrogen and oxygen atoms in total. The molecule has 2 saturated heterocycles. The highest BCUT2D eigenvalue weighted by Crippen LogP contribution is 2.38. The van der Waals surface area contributed by atoms with Gasteiger partial charge in [0.15, 0.2) is 0 Å². The van der Waals surface area contributed by atoms with Crippen molar-refractivity contribution in [3.8, 4) is 22.3 Å². The topological polar surface area (TPSA) is 73.1 Å². The predicted molar refractivity (Wildman–Crippen MR) is 125 cm³/mol. The molecule has 2 aliphatic heterocycles. The first-order chi connectivity index (χ1) is 16.1. The van der Waals surface area contributed by atoms with Crippen LogP contribution in [0.2, 0.25) is 0 Å². The number of pyridine rings is 2. The molecule has 2 aliphatic rings. The second kappa shape index (κ2) is 9.53. The van der Waals surface area contributed by atoms with Crippen LogP contribution >= 0.6 is 0 Å². The highest BCUT2D eigenvalue weighted by Gasteiger charge is 2.25. The smallest absolute Gasteiger partial charge is 0.280 e. The molecular formula is C26H28F2N4O. The Balaban J connectivity index is 1.54. The van der Waals surface area contributed by atoms with Crippen LogP contribution in [0.4, 0.5) is 14.6 Å². The molecular weight excluding hydrogens is 422 g/mol. The number of hydrogen-bond donors (Lipinski definition) is 2. The normalized spacial score (nSPS) is 19.3. The van der Waals surface area contributed by atoms with Gasteiger partial charge in [0.25, 0.3) is 6.43 Å². The van der Waals surface area contributed by atoms with Gasteiger partial charge in [-0.2, -0.15) is 0 Å². The van der Waals surface area contributed by atoms with Crippen molar-refractivity contribution in [2.24, 2.45) is 0 Å². The van der Waals surface area contributed by atoms with Gasteiger partial charge in [0, 0.05) is 42.8 Å². The van der Waals surface area contributed by atoms with Crippen molar-refractivity contribution in [1.29, 1.82) is 0 Å². The van der Waals surface area contributed by atoms with E-state index in [1.54, 1.807) is 12.3 Å². The van der Waals surface area contributed by atoms with Crippen LogP contribution in [0.5, 0.6) is 0 Å². The van der Waals surface area contributed by atoms with Crippen molar-refractivity contribution in [1.82, 2.24) is 15.3 Å². The fourth-order valence-electron chi connectivity index (χ4n) is 4.99. The van der Waals surface area contributed by atoms with Crippen LogP contribution in [-0.2, 0) is 4.74 Å². The van der Waals surface area contributed by atoms with Crippen LogP contribution in [-0.4, -0.2) is 29.7 Å². The van der Waals surface area contributed by atoms with E-state index in [1.807, 2.05) is 6.07 Å². The third-order valence-corrected chi connectivity index (χ3v) is 6.75. The minimum Gasteiger partial charge on any atom is -0.383 e. The van der Waals surface area contributed by atoms with Gasteiger partial charge >= 0.3 is 0 Å². The fourth-order valence-corrected chi connectivity index (χ4v) is 4.99. The molecule has 0 radical (unpaired) electrons. The number of halogens is 2. The molecule has 3 aromatic rings. The van der Waals surface area contributed by atoms with E-state index in [-0.39, 0.29) is 5.69 Å². The maximum Gasteiger partial charge on any atom is 0.280 e. The Bertz CT molecular complexity index is 1130. The summed E-state index contributed by atoms with van der Waals surface area (Å²) < 4.78 is 31.9. The Morgan fingerprint density at radius 2 is 1.79 bits per heavy atom. The molecule has 5 rings (SSSR count). The molecule has 1 atom stereocenters. The zero-order valence-electron chi connectivity index (χ0n) is 18.4. The van der Waals surface area contributed by atoms with Gasteiger partial charge in [-0.05, 0) is 84.7 Å². The van der Waals surface area contributed by atoms with E-state index in [0.717, 1.165) is 50.1 Å². The van der Waals surface area contributed by atoms with E-state index in [0.29, 0.717) is 28.9 Å². The van der Waals surface area contributed by atoms with E-state index in [9.17, 15) is 8.78 Å². The number of nitrogens with one attached hydrogen (secondary N) is 1. The largest absolute Gasteiger partial charge is 0.383 e. The second-order valence-corrected chi connectivity index (χ2v) is 8.81. The number of nitrogen functional groups attached to an aromatic ring is 1. The lowest BCUT2D eigenvalue weighted by Crippen LogP contribution is -2.19. The Morgan fingerprint density at radius 3 is 2.55 bits per heavy atom. The molecule has 0 spiro atoms. The Kier molecular flexibility index (Phi) is 6.33. The van der Waals surface area contributed by atoms with Gasteiger partial charge in [-0.25, -0.2) is 13.8 Å². The summed E-state index contributed by atoms with van der Waals surface area (Å²) in [5.74, 6) is 0.816. The predicted octanol–water partition coefficient (Wildman–Crippen LogP) is 5.65. The van der Waals surface area contributed by atoms with Crippen molar-refractivity contribution in [3.05, 3.63) is 65.6 Å². The summed E-state index contributed by atoms with van der Waals surface area (Å²) in [6.45, 7) is 2.65. The summed E-state index contributed by atoms with van der Waals surface area (Å²) in [5, 5.41) is 3.65. The molecule has 4 heterocycles. The lowest BCUT2D eigenvalue weighted by atomic mass is 9.84. The SMILES string of the molecule is Nc1ncc(-c2ccc(C3CCOCC3)c([C@@H]3CCCN3)c2)cc1-c1ccnc(C(F)F)c1. The maximum atomic E-state index is 13.2. The molecule has 33 heavy (non-hydrogen) atoms. The van der Waals surface area contributed by atoms with E-state index in [1.165, 1.54) is 29.8 Å². The number of rotatable bonds is 5. The molecule has 0 unspecified atom stereocenters. The number of aromatic nitrogens is 2. The number of nitrogens with two attached hydrogens (primary N) is 1. The summed E-state index contributed by atoms with van der Waals surface area (Å²) in [6.07, 6.45) is 4.88. The molecule has 172 valence electrons. The van der Waals surface area contributed by atoms with Gasteiger partial charge in [-0.1, -0.05) is 12.1 Å². The zero-order chi connectivity index (χ0) is 22.8. The monoisotopic (exact) mass is 450 g/mol. The summed E-state index contributed by atoms with van der Waals surface area (Å²) in [5.41, 5.74) is 11.8. The lowest BCUT2D eigenvalue weighted by Gasteiger charge is -2.27. The van der Waals surface area contributed by atoms with E-state index < -0.39 is 6.43 Å². The number of anilines is 1. The first-order valence-corrected chi connectivity index (χ1v) is 11.6. The van der Waals surface area contributed by atoms with Crippen molar-refractivity contribution in [3.63, 3.8) is 0 Å². The fraction of sp³-hybridized carbons (Fsp3) is 0.385. The average molecular weight is 451 g/mol. The van der Waals surface area contributed by atoms with Gasteiger partial charge in [-0.15, -0.1) is 0 Å². The van der Waals surface area contributed by atoms with Gasteiger partial charge in [0.2, 0.25) is 0 Å². The van der Waals surface area contributed by atoms with Crippen molar-refractivity contribution in [2.45, 2.75) is 44.1 Å². The van der Waals surface area contributed by atoms with Crippen molar-refractivity contribution < 1.29 is 13.5 Å². The molecule has 2 fully saturated rings. The molecule has 0 bridgehead atoms. The van der Waals surface area contributed by atoms with E-state index in [4.69, 9.17) is 10.5 Å². The summed E-state index contributed by atoms with van der Waals surface area (Å²) >= 11 is 0. The van der Waals surface area contributed by atoms with Crippen LogP contribution < -0.4 is 11.1 Å². The van der Waals surface area contributed by atoms with Gasteiger partial charge in [-0.3, -0.25) is 4.98 Å². The Morgan fingerprint density at radius 1 is 0.939 bits per heavy atom. The summed E-state index contributed by atoms with van der Waals surface area (Å²) in [7, 11) is 0. The maximum absolute atomic E-state index is 13.2. The second-order valence-electron chi connectivity index (χ2n) is 8.81. The van der Waals surface area contributed by atoms with Crippen LogP contribution in [0.15, 0.2) is 48.8 Å². The minimum atomic E-state index is -2.64. The molecule has 0 aliphatic carbocycles. The standard InChI is InChI=1S/C26H28F2N4O/c27-25(28)24-14-18(5-9-31-24)21-13-19(15-32-26(21)29)17-3-4-20(16-6-10-33-11-7-16)22(12-17)23-2-1-8-30-23/h3-5,9,12-16,23,25,30H,1-2,6-8,10-11H2,(H2,29,32)/t23-/m0/s1. The highest BCUT2D eigenvalue weighted by atomic mass is 19.3. The van der Waals surface area contributed by atoms with Crippen LogP contribution in [0.3, 0.4) is 0 Å². The molecule has 0 saturated carbocycles. The third-order valence-electron chi connectivity index (χ3n) is 6.75. The number of hydrogen-bond acceptors (Lipinski definition) is 5. The number of ether oxygens (including phenoxy) is 1. The molecule has 3 N–H and O–H groups in total. The Hall–Kier alpha value is -2.90. The first-order valence-electron chi connectivity index (χ1n) is 11.6. The van der Waals surface area contributed by atoms with Gasteiger partial charge < -0.3 is 15.8 Å². The number of nitrogens with zero attached hydrogens (tertiary/aromatic N) is 2. The average Bonchev–Trinajstić information content (AvgIpc) is 3.40. The van der Waals surface area contributed by atoms with Crippen molar-refractivity contribution in [2.75, 3.05) is 25.5 Å². The van der Waals surface area contributed by atoms with Crippen LogP contribution in [0.1, 0.15) is 60.9 Å². The van der Waals surface area contributed by atoms with Crippen LogP contribution in [0, 0.1) is 0 Å². The molecule has 1 aromatic carbocycles. The van der Waals surface area contributed by atoms with Gasteiger partial charge in [0.05, 0.1) is 0 Å². The lowest BCUT2D eigenvalue weighted by molar-refractivity contribution is 0.0851. The van der Waals surface area contributed by atoms with Crippen molar-refractivity contribution >= 4 is 5.82 Å². The summed E-state index contributed by atoms with van der Waals surface area (Å²) in [4.78, 5) is 8.14. The van der Waals surface area contributed by atoms with Gasteiger partial charge in [0.1, 0.15) is 11.5 Å². The number of benzene rings is 1. The molecule has 2 aromatic heterocycles. The summed E-state index contributed by atoms with van der Waals surface area (Å²) in [6, 6.07) is 12.0. The van der Waals surface area contributed by atoms with E-state index >= 15 is 0 Å².